The topological polar surface area (TPSA) is 66.9 Å². The van der Waals surface area contributed by atoms with Crippen LogP contribution in [0.3, 0.4) is 0 Å². The minimum Gasteiger partial charge on any atom is -0.396 e. The smallest absolute Gasteiger partial charge is 0.161 e. The van der Waals surface area contributed by atoms with Crippen LogP contribution in [0, 0.1) is 11.3 Å². The van der Waals surface area contributed by atoms with E-state index >= 15 is 0 Å². The molecule has 0 spiro atoms. The Hall–Kier alpha value is -1.53. The molecule has 0 aliphatic heterocycles. The molecule has 0 heterocycles. The van der Waals surface area contributed by atoms with Gasteiger partial charge >= 0.3 is 0 Å². The van der Waals surface area contributed by atoms with E-state index in [0.29, 0.717) is 10.6 Å². The van der Waals surface area contributed by atoms with Crippen molar-refractivity contribution in [2.45, 2.75) is 6.92 Å². The third-order valence-electron chi connectivity index (χ3n) is 1.68. The highest BCUT2D eigenvalue weighted by Crippen LogP contribution is 2.25. The van der Waals surface area contributed by atoms with Crippen LogP contribution in [0.15, 0.2) is 12.1 Å². The van der Waals surface area contributed by atoms with E-state index in [1.165, 1.54) is 19.1 Å². The van der Waals surface area contributed by atoms with Gasteiger partial charge in [-0.1, -0.05) is 11.6 Å². The number of nitrogens with two attached hydrogens (primary N) is 1. The Bertz CT molecular complexity index is 407. The number of benzene rings is 1. The summed E-state index contributed by atoms with van der Waals surface area (Å²) in [6, 6.07) is 4.86. The second-order valence-corrected chi connectivity index (χ2v) is 2.96. The van der Waals surface area contributed by atoms with Crippen LogP contribution in [0.25, 0.3) is 0 Å². The molecule has 0 aliphatic rings. The lowest BCUT2D eigenvalue weighted by molar-refractivity contribution is 0.101. The van der Waals surface area contributed by atoms with Crippen molar-refractivity contribution in [1.29, 1.82) is 5.26 Å². The van der Waals surface area contributed by atoms with E-state index in [0.717, 1.165) is 0 Å². The summed E-state index contributed by atoms with van der Waals surface area (Å²) >= 11 is 5.68. The molecule has 0 fully saturated rings. The third-order valence-corrected chi connectivity index (χ3v) is 2.01. The molecule has 0 radical (unpaired) electrons. The van der Waals surface area contributed by atoms with Crippen LogP contribution < -0.4 is 5.73 Å². The Morgan fingerprint density at radius 2 is 2.23 bits per heavy atom. The molecule has 0 atom stereocenters. The Kier molecular flexibility index (Phi) is 2.54. The number of rotatable bonds is 1. The lowest BCUT2D eigenvalue weighted by Crippen LogP contribution is -2.01. The highest BCUT2D eigenvalue weighted by Gasteiger charge is 2.11. The predicted octanol–water partition coefficient (Wildman–Crippen LogP) is 2.00. The van der Waals surface area contributed by atoms with Crippen LogP contribution in [0.4, 0.5) is 5.69 Å². The van der Waals surface area contributed by atoms with Gasteiger partial charge in [-0.2, -0.15) is 5.26 Å². The standard InChI is InChI=1S/C9H7ClN2O/c1-5(13)6-2-3-8(10)9(12)7(6)4-11/h2-3H,12H2,1H3. The maximum absolute atomic E-state index is 11.0. The summed E-state index contributed by atoms with van der Waals surface area (Å²) in [5.41, 5.74) is 6.15. The quantitative estimate of drug-likeness (QED) is 0.549. The summed E-state index contributed by atoms with van der Waals surface area (Å²) in [6.45, 7) is 1.38. The zero-order valence-electron chi connectivity index (χ0n) is 6.97. The summed E-state index contributed by atoms with van der Waals surface area (Å²) in [6.07, 6.45) is 0. The SMILES string of the molecule is CC(=O)c1ccc(Cl)c(N)c1C#N. The summed E-state index contributed by atoms with van der Waals surface area (Å²) < 4.78 is 0. The van der Waals surface area contributed by atoms with Crippen molar-refractivity contribution in [3.05, 3.63) is 28.3 Å². The van der Waals surface area contributed by atoms with Gasteiger partial charge in [-0.15, -0.1) is 0 Å². The van der Waals surface area contributed by atoms with Gasteiger partial charge in [-0.25, -0.2) is 0 Å². The predicted molar refractivity (Wildman–Crippen MR) is 50.6 cm³/mol. The fourth-order valence-electron chi connectivity index (χ4n) is 1.01. The fourth-order valence-corrected chi connectivity index (χ4v) is 1.17. The summed E-state index contributed by atoms with van der Waals surface area (Å²) in [7, 11) is 0. The van der Waals surface area contributed by atoms with Gasteiger partial charge in [0.05, 0.1) is 16.3 Å². The molecular weight excluding hydrogens is 188 g/mol. The Balaban J connectivity index is 3.50. The number of hydrogen-bond acceptors (Lipinski definition) is 3. The molecule has 0 saturated carbocycles. The zero-order chi connectivity index (χ0) is 10.0. The van der Waals surface area contributed by atoms with E-state index in [1.54, 1.807) is 0 Å². The second-order valence-electron chi connectivity index (χ2n) is 2.55. The number of nitrogens with zero attached hydrogens (tertiary/aromatic N) is 1. The van der Waals surface area contributed by atoms with E-state index in [4.69, 9.17) is 22.6 Å². The molecule has 1 rings (SSSR count). The summed E-state index contributed by atoms with van der Waals surface area (Å²) in [5.74, 6) is -0.195. The van der Waals surface area contributed by atoms with E-state index < -0.39 is 0 Å². The maximum atomic E-state index is 11.0. The number of carbonyl (C=O) groups excluding carboxylic acids is 1. The second kappa shape index (κ2) is 3.46. The van der Waals surface area contributed by atoms with Crippen LogP contribution >= 0.6 is 11.6 Å². The minimum absolute atomic E-state index is 0.153. The van der Waals surface area contributed by atoms with Gasteiger partial charge < -0.3 is 5.73 Å². The first-order valence-corrected chi connectivity index (χ1v) is 3.94. The molecule has 1 aromatic carbocycles. The largest absolute Gasteiger partial charge is 0.396 e. The van der Waals surface area contributed by atoms with Crippen LogP contribution in [0.5, 0.6) is 0 Å². The van der Waals surface area contributed by atoms with E-state index in [9.17, 15) is 4.79 Å². The highest BCUT2D eigenvalue weighted by molar-refractivity contribution is 6.33. The van der Waals surface area contributed by atoms with Crippen molar-refractivity contribution in [3.63, 3.8) is 0 Å². The number of halogens is 1. The number of nitriles is 1. The first-order valence-electron chi connectivity index (χ1n) is 3.57. The molecule has 2 N–H and O–H groups in total. The molecule has 66 valence electrons. The average Bonchev–Trinajstić information content (AvgIpc) is 2.09. The van der Waals surface area contributed by atoms with Crippen molar-refractivity contribution in [3.8, 4) is 6.07 Å². The first kappa shape index (κ1) is 9.56. The molecule has 0 amide bonds. The Labute approximate surface area is 80.7 Å². The van der Waals surface area contributed by atoms with Crippen molar-refractivity contribution in [1.82, 2.24) is 0 Å². The third kappa shape index (κ3) is 1.63. The van der Waals surface area contributed by atoms with Crippen LogP contribution in [0.2, 0.25) is 5.02 Å². The lowest BCUT2D eigenvalue weighted by atomic mass is 10.0. The van der Waals surface area contributed by atoms with Crippen molar-refractivity contribution in [2.75, 3.05) is 5.73 Å². The molecule has 4 heteroatoms. The molecule has 0 saturated heterocycles. The molecule has 0 aliphatic carbocycles. The maximum Gasteiger partial charge on any atom is 0.161 e. The average molecular weight is 195 g/mol. The first-order chi connectivity index (χ1) is 6.07. The molecule has 3 nitrogen and oxygen atoms in total. The van der Waals surface area contributed by atoms with E-state index in [2.05, 4.69) is 0 Å². The van der Waals surface area contributed by atoms with Gasteiger partial charge in [0.15, 0.2) is 5.78 Å². The molecule has 0 unspecified atom stereocenters. The van der Waals surface area contributed by atoms with Gasteiger partial charge in [-0.05, 0) is 19.1 Å². The van der Waals surface area contributed by atoms with Crippen LogP contribution in [-0.2, 0) is 0 Å². The minimum atomic E-state index is -0.195. The molecule has 0 bridgehead atoms. The molecule has 1 aromatic rings. The number of hydrogen-bond donors (Lipinski definition) is 1. The van der Waals surface area contributed by atoms with Crippen LogP contribution in [0.1, 0.15) is 22.8 Å². The Morgan fingerprint density at radius 1 is 1.62 bits per heavy atom. The van der Waals surface area contributed by atoms with Crippen molar-refractivity contribution in [2.24, 2.45) is 0 Å². The summed E-state index contributed by atoms with van der Waals surface area (Å²) in [5, 5.41) is 9.02. The van der Waals surface area contributed by atoms with Gasteiger partial charge in [0.2, 0.25) is 0 Å². The lowest BCUT2D eigenvalue weighted by Gasteiger charge is -2.04. The van der Waals surface area contributed by atoms with Gasteiger partial charge in [0.25, 0.3) is 0 Å². The number of carbonyl (C=O) groups is 1. The number of anilines is 1. The van der Waals surface area contributed by atoms with E-state index in [1.807, 2.05) is 6.07 Å². The molecular formula is C9H7ClN2O. The van der Waals surface area contributed by atoms with Crippen molar-refractivity contribution >= 4 is 23.1 Å². The van der Waals surface area contributed by atoms with E-state index in [-0.39, 0.29) is 17.0 Å². The highest BCUT2D eigenvalue weighted by atomic mass is 35.5. The summed E-state index contributed by atoms with van der Waals surface area (Å²) in [4.78, 5) is 11.0. The zero-order valence-corrected chi connectivity index (χ0v) is 7.72. The van der Waals surface area contributed by atoms with Crippen molar-refractivity contribution < 1.29 is 4.79 Å². The van der Waals surface area contributed by atoms with Gasteiger partial charge in [0.1, 0.15) is 6.07 Å². The van der Waals surface area contributed by atoms with Gasteiger partial charge in [0, 0.05) is 5.56 Å². The fraction of sp³-hybridized carbons (Fsp3) is 0.111. The number of nitrogen functional groups attached to an aromatic ring is 1. The monoisotopic (exact) mass is 194 g/mol. The normalized spacial score (nSPS) is 9.31. The molecule has 13 heavy (non-hydrogen) atoms. The van der Waals surface area contributed by atoms with Gasteiger partial charge in [-0.3, -0.25) is 4.79 Å². The molecule has 0 aromatic heterocycles. The number of ketones is 1. The Morgan fingerprint density at radius 3 is 2.69 bits per heavy atom. The number of Topliss-reactive ketones (excluding diaryl/α,β-unsaturated/α-hetero) is 1. The van der Waals surface area contributed by atoms with Crippen LogP contribution in [-0.4, -0.2) is 5.78 Å².